The van der Waals surface area contributed by atoms with E-state index in [1.165, 1.54) is 27.6 Å². The maximum absolute atomic E-state index is 12.3. The number of hydrogen-bond acceptors (Lipinski definition) is 6. The SMILES string of the molecule is Cc1nnc(NC(=O)c2cc([C@@H]3C[C@H]3N(C(=O)O)C(C)(C)C)cs2)s1. The molecule has 134 valence electrons. The lowest BCUT2D eigenvalue weighted by Crippen LogP contribution is -2.46. The molecular formula is C16H20N4O3S2. The number of aryl methyl sites for hydroxylation is 1. The molecule has 0 bridgehead atoms. The summed E-state index contributed by atoms with van der Waals surface area (Å²) < 4.78 is 0. The summed E-state index contributed by atoms with van der Waals surface area (Å²) in [6, 6.07) is 1.81. The van der Waals surface area contributed by atoms with Crippen molar-refractivity contribution in [3.63, 3.8) is 0 Å². The van der Waals surface area contributed by atoms with Crippen LogP contribution in [0.4, 0.5) is 9.93 Å². The van der Waals surface area contributed by atoms with E-state index in [0.717, 1.165) is 17.0 Å². The number of amides is 2. The number of nitrogens with zero attached hydrogens (tertiary/aromatic N) is 3. The van der Waals surface area contributed by atoms with E-state index in [2.05, 4.69) is 15.5 Å². The van der Waals surface area contributed by atoms with Gasteiger partial charge >= 0.3 is 6.09 Å². The minimum Gasteiger partial charge on any atom is -0.465 e. The average molecular weight is 380 g/mol. The van der Waals surface area contributed by atoms with Gasteiger partial charge in [0.2, 0.25) is 5.13 Å². The molecule has 2 amide bonds. The van der Waals surface area contributed by atoms with Gasteiger partial charge in [-0.05, 0) is 51.1 Å². The molecule has 2 heterocycles. The highest BCUT2D eigenvalue weighted by Gasteiger charge is 2.49. The predicted octanol–water partition coefficient (Wildman–Crippen LogP) is 3.79. The molecule has 0 unspecified atom stereocenters. The Morgan fingerprint density at radius 2 is 2.08 bits per heavy atom. The van der Waals surface area contributed by atoms with E-state index >= 15 is 0 Å². The molecule has 0 aliphatic heterocycles. The summed E-state index contributed by atoms with van der Waals surface area (Å²) in [5.41, 5.74) is 0.570. The van der Waals surface area contributed by atoms with Crippen molar-refractivity contribution in [1.82, 2.24) is 15.1 Å². The second-order valence-corrected chi connectivity index (χ2v) is 9.15. The van der Waals surface area contributed by atoms with Crippen molar-refractivity contribution in [2.45, 2.75) is 51.6 Å². The summed E-state index contributed by atoms with van der Waals surface area (Å²) in [6.07, 6.45) is -0.114. The van der Waals surface area contributed by atoms with Crippen molar-refractivity contribution >= 4 is 39.8 Å². The third-order valence-corrected chi connectivity index (χ3v) is 5.74. The fraction of sp³-hybridized carbons (Fsp3) is 0.500. The molecule has 0 spiro atoms. The van der Waals surface area contributed by atoms with E-state index in [0.29, 0.717) is 10.0 Å². The molecule has 25 heavy (non-hydrogen) atoms. The van der Waals surface area contributed by atoms with Crippen molar-refractivity contribution < 1.29 is 14.7 Å². The Bertz CT molecular complexity index is 808. The number of carboxylic acid groups (broad SMARTS) is 1. The molecule has 2 N–H and O–H groups in total. The minimum absolute atomic E-state index is 0.0335. The van der Waals surface area contributed by atoms with Crippen LogP contribution in [0.1, 0.15) is 53.4 Å². The topological polar surface area (TPSA) is 95.4 Å². The van der Waals surface area contributed by atoms with E-state index in [1.54, 1.807) is 0 Å². The van der Waals surface area contributed by atoms with Gasteiger partial charge in [-0.1, -0.05) is 11.3 Å². The van der Waals surface area contributed by atoms with Crippen molar-refractivity contribution in [3.8, 4) is 0 Å². The Morgan fingerprint density at radius 3 is 2.64 bits per heavy atom. The molecule has 9 heteroatoms. The first kappa shape index (κ1) is 17.8. The van der Waals surface area contributed by atoms with Gasteiger partial charge in [0.05, 0.1) is 4.88 Å². The number of aromatic nitrogens is 2. The molecule has 0 saturated heterocycles. The number of nitrogens with one attached hydrogen (secondary N) is 1. The average Bonchev–Trinajstić information content (AvgIpc) is 2.92. The van der Waals surface area contributed by atoms with Gasteiger partial charge in [0.15, 0.2) is 0 Å². The zero-order valence-corrected chi connectivity index (χ0v) is 16.1. The molecule has 1 aliphatic carbocycles. The molecule has 2 atom stereocenters. The number of carbonyl (C=O) groups is 2. The Kier molecular flexibility index (Phi) is 4.54. The van der Waals surface area contributed by atoms with Crippen LogP contribution in [0.25, 0.3) is 0 Å². The van der Waals surface area contributed by atoms with Crippen molar-refractivity contribution in [2.75, 3.05) is 5.32 Å². The Hall–Kier alpha value is -2.00. The molecule has 2 aromatic rings. The summed E-state index contributed by atoms with van der Waals surface area (Å²) in [7, 11) is 0. The smallest absolute Gasteiger partial charge is 0.408 e. The highest BCUT2D eigenvalue weighted by molar-refractivity contribution is 7.15. The first-order chi connectivity index (χ1) is 11.7. The number of rotatable bonds is 4. The zero-order valence-electron chi connectivity index (χ0n) is 14.4. The van der Waals surface area contributed by atoms with Gasteiger partial charge in [-0.2, -0.15) is 0 Å². The highest BCUT2D eigenvalue weighted by atomic mass is 32.1. The molecule has 3 rings (SSSR count). The fourth-order valence-electron chi connectivity index (χ4n) is 2.92. The van der Waals surface area contributed by atoms with Gasteiger partial charge in [-0.15, -0.1) is 21.5 Å². The third kappa shape index (κ3) is 3.82. The third-order valence-electron chi connectivity index (χ3n) is 4.04. The van der Waals surface area contributed by atoms with Crippen LogP contribution in [-0.4, -0.2) is 43.8 Å². The predicted molar refractivity (Wildman–Crippen MR) is 97.7 cm³/mol. The van der Waals surface area contributed by atoms with Crippen LogP contribution in [-0.2, 0) is 0 Å². The second-order valence-electron chi connectivity index (χ2n) is 7.06. The summed E-state index contributed by atoms with van der Waals surface area (Å²) in [5, 5.41) is 23.2. The first-order valence-electron chi connectivity index (χ1n) is 7.89. The maximum Gasteiger partial charge on any atom is 0.408 e. The molecular weight excluding hydrogens is 360 g/mol. The number of thiophene rings is 1. The van der Waals surface area contributed by atoms with Crippen molar-refractivity contribution in [1.29, 1.82) is 0 Å². The van der Waals surface area contributed by atoms with Crippen molar-refractivity contribution in [3.05, 3.63) is 26.9 Å². The molecule has 0 aromatic carbocycles. The van der Waals surface area contributed by atoms with Gasteiger partial charge in [-0.25, -0.2) is 4.79 Å². The Morgan fingerprint density at radius 1 is 1.36 bits per heavy atom. The monoisotopic (exact) mass is 380 g/mol. The molecule has 1 saturated carbocycles. The van der Waals surface area contributed by atoms with E-state index in [4.69, 9.17) is 0 Å². The van der Waals surface area contributed by atoms with Crippen LogP contribution in [0, 0.1) is 6.92 Å². The normalized spacial score (nSPS) is 19.5. The number of carbonyl (C=O) groups excluding carboxylic acids is 1. The zero-order chi connectivity index (χ0) is 18.4. The van der Waals surface area contributed by atoms with Gasteiger partial charge in [-0.3, -0.25) is 15.0 Å². The fourth-order valence-corrected chi connectivity index (χ4v) is 4.38. The summed E-state index contributed by atoms with van der Waals surface area (Å²) in [4.78, 5) is 26.0. The van der Waals surface area contributed by atoms with Gasteiger partial charge in [0, 0.05) is 17.5 Å². The van der Waals surface area contributed by atoms with Crippen LogP contribution >= 0.6 is 22.7 Å². The quantitative estimate of drug-likeness (QED) is 0.841. The number of hydrogen-bond donors (Lipinski definition) is 2. The minimum atomic E-state index is -0.903. The van der Waals surface area contributed by atoms with E-state index in [1.807, 2.05) is 39.1 Å². The summed E-state index contributed by atoms with van der Waals surface area (Å²) in [6.45, 7) is 7.51. The highest BCUT2D eigenvalue weighted by Crippen LogP contribution is 2.48. The Balaban J connectivity index is 1.68. The summed E-state index contributed by atoms with van der Waals surface area (Å²) >= 11 is 2.69. The lowest BCUT2D eigenvalue weighted by Gasteiger charge is -2.33. The number of anilines is 1. The molecule has 1 aliphatic rings. The molecule has 1 fully saturated rings. The second kappa shape index (κ2) is 6.38. The van der Waals surface area contributed by atoms with Crippen LogP contribution < -0.4 is 5.32 Å². The van der Waals surface area contributed by atoms with Gasteiger partial charge in [0.1, 0.15) is 5.01 Å². The van der Waals surface area contributed by atoms with E-state index < -0.39 is 11.6 Å². The molecule has 0 radical (unpaired) electrons. The van der Waals surface area contributed by atoms with E-state index in [9.17, 15) is 14.7 Å². The van der Waals surface area contributed by atoms with Crippen molar-refractivity contribution in [2.24, 2.45) is 0 Å². The lowest BCUT2D eigenvalue weighted by atomic mass is 10.1. The van der Waals surface area contributed by atoms with Crippen LogP contribution in [0.5, 0.6) is 0 Å². The standard InChI is InChI=1S/C16H20N4O3S2/c1-8-18-19-14(25-8)17-13(21)12-5-9(7-24-12)10-6-11(10)20(15(22)23)16(2,3)4/h5,7,10-11H,6H2,1-4H3,(H,22,23)(H,17,19,21)/t10-,11+/m0/s1. The van der Waals surface area contributed by atoms with Crippen LogP contribution in [0.2, 0.25) is 0 Å². The summed E-state index contributed by atoms with van der Waals surface area (Å²) in [5.74, 6) is -0.0626. The van der Waals surface area contributed by atoms with Gasteiger partial charge < -0.3 is 5.11 Å². The van der Waals surface area contributed by atoms with Crippen LogP contribution in [0.15, 0.2) is 11.4 Å². The van der Waals surface area contributed by atoms with Crippen LogP contribution in [0.3, 0.4) is 0 Å². The maximum atomic E-state index is 12.3. The largest absolute Gasteiger partial charge is 0.465 e. The first-order valence-corrected chi connectivity index (χ1v) is 9.58. The Labute approximate surface area is 153 Å². The van der Waals surface area contributed by atoms with Gasteiger partial charge in [0.25, 0.3) is 5.91 Å². The van der Waals surface area contributed by atoms with E-state index in [-0.39, 0.29) is 17.9 Å². The molecule has 2 aromatic heterocycles. The lowest BCUT2D eigenvalue weighted by molar-refractivity contribution is 0.0938. The molecule has 7 nitrogen and oxygen atoms in total.